The summed E-state index contributed by atoms with van der Waals surface area (Å²) < 4.78 is 5.01. The van der Waals surface area contributed by atoms with Crippen LogP contribution < -0.4 is 4.74 Å². The van der Waals surface area contributed by atoms with Crippen molar-refractivity contribution in [3.8, 4) is 11.5 Å². The zero-order chi connectivity index (χ0) is 14.0. The topological polar surface area (TPSA) is 83.8 Å². The highest BCUT2D eigenvalue weighted by Crippen LogP contribution is 2.33. The maximum absolute atomic E-state index is 11.2. The van der Waals surface area contributed by atoms with Crippen LogP contribution in [0, 0.1) is 0 Å². The SMILES string of the molecule is C=CC(=O)Oc1ccc(O)c2ccc(C(=O)O)cc12. The van der Waals surface area contributed by atoms with Crippen LogP contribution in [0.25, 0.3) is 10.8 Å². The summed E-state index contributed by atoms with van der Waals surface area (Å²) in [6.45, 7) is 3.28. The van der Waals surface area contributed by atoms with E-state index in [1.54, 1.807) is 0 Å². The van der Waals surface area contributed by atoms with Crippen molar-refractivity contribution in [1.82, 2.24) is 0 Å². The quantitative estimate of drug-likeness (QED) is 0.501. The maximum atomic E-state index is 11.2. The summed E-state index contributed by atoms with van der Waals surface area (Å²) in [4.78, 5) is 22.1. The molecule has 5 heteroatoms. The van der Waals surface area contributed by atoms with Gasteiger partial charge in [-0.15, -0.1) is 0 Å². The lowest BCUT2D eigenvalue weighted by Crippen LogP contribution is -2.04. The molecular formula is C14H10O5. The minimum absolute atomic E-state index is 0.0228. The molecule has 0 radical (unpaired) electrons. The first-order chi connectivity index (χ1) is 9.02. The lowest BCUT2D eigenvalue weighted by molar-refractivity contribution is -0.128. The number of esters is 1. The van der Waals surface area contributed by atoms with E-state index in [0.717, 1.165) is 6.08 Å². The number of fused-ring (bicyclic) bond motifs is 1. The number of hydrogen-bond donors (Lipinski definition) is 2. The Bertz CT molecular complexity index is 688. The van der Waals surface area contributed by atoms with Gasteiger partial charge in [0.1, 0.15) is 11.5 Å². The van der Waals surface area contributed by atoms with E-state index in [1.165, 1.54) is 30.3 Å². The first-order valence-corrected chi connectivity index (χ1v) is 5.36. The van der Waals surface area contributed by atoms with E-state index < -0.39 is 11.9 Å². The Morgan fingerprint density at radius 3 is 2.53 bits per heavy atom. The van der Waals surface area contributed by atoms with Gasteiger partial charge in [-0.2, -0.15) is 0 Å². The van der Waals surface area contributed by atoms with Gasteiger partial charge in [-0.05, 0) is 30.3 Å². The highest BCUT2D eigenvalue weighted by atomic mass is 16.5. The molecule has 2 N–H and O–H groups in total. The fourth-order valence-electron chi connectivity index (χ4n) is 1.68. The third-order valence-corrected chi connectivity index (χ3v) is 2.58. The predicted molar refractivity (Wildman–Crippen MR) is 68.4 cm³/mol. The van der Waals surface area contributed by atoms with E-state index in [-0.39, 0.29) is 17.1 Å². The zero-order valence-corrected chi connectivity index (χ0v) is 9.79. The van der Waals surface area contributed by atoms with Crippen LogP contribution in [0.3, 0.4) is 0 Å². The molecule has 0 saturated heterocycles. The number of carboxylic acids is 1. The molecule has 0 aliphatic heterocycles. The van der Waals surface area contributed by atoms with Crippen molar-refractivity contribution < 1.29 is 24.5 Å². The first kappa shape index (κ1) is 12.6. The number of aromatic hydroxyl groups is 1. The van der Waals surface area contributed by atoms with Gasteiger partial charge in [-0.1, -0.05) is 6.58 Å². The van der Waals surface area contributed by atoms with Crippen LogP contribution in [0.1, 0.15) is 10.4 Å². The molecule has 0 atom stereocenters. The fraction of sp³-hybridized carbons (Fsp3) is 0. The molecule has 0 spiro atoms. The monoisotopic (exact) mass is 258 g/mol. The number of phenolic OH excluding ortho intramolecular Hbond substituents is 1. The molecule has 0 aromatic heterocycles. The first-order valence-electron chi connectivity index (χ1n) is 5.36. The molecule has 0 aliphatic carbocycles. The minimum atomic E-state index is -1.11. The van der Waals surface area contributed by atoms with E-state index in [2.05, 4.69) is 6.58 Å². The third kappa shape index (κ3) is 2.40. The average molecular weight is 258 g/mol. The molecule has 0 amide bonds. The summed E-state index contributed by atoms with van der Waals surface area (Å²) in [6.07, 6.45) is 1.000. The average Bonchev–Trinajstić information content (AvgIpc) is 2.41. The van der Waals surface area contributed by atoms with Crippen LogP contribution in [0.4, 0.5) is 0 Å². The van der Waals surface area contributed by atoms with Crippen molar-refractivity contribution in [3.63, 3.8) is 0 Å². The van der Waals surface area contributed by atoms with Gasteiger partial charge < -0.3 is 14.9 Å². The zero-order valence-electron chi connectivity index (χ0n) is 9.79. The molecule has 0 saturated carbocycles. The van der Waals surface area contributed by atoms with Crippen LogP contribution >= 0.6 is 0 Å². The molecule has 96 valence electrons. The Morgan fingerprint density at radius 1 is 1.16 bits per heavy atom. The lowest BCUT2D eigenvalue weighted by Gasteiger charge is -2.08. The van der Waals surface area contributed by atoms with Crippen LogP contribution in [0.2, 0.25) is 0 Å². The number of carbonyl (C=O) groups is 2. The maximum Gasteiger partial charge on any atom is 0.335 e. The van der Waals surface area contributed by atoms with Crippen molar-refractivity contribution in [2.24, 2.45) is 0 Å². The van der Waals surface area contributed by atoms with E-state index in [9.17, 15) is 14.7 Å². The highest BCUT2D eigenvalue weighted by Gasteiger charge is 2.12. The minimum Gasteiger partial charge on any atom is -0.507 e. The molecule has 2 aromatic rings. The van der Waals surface area contributed by atoms with Crippen molar-refractivity contribution >= 4 is 22.7 Å². The van der Waals surface area contributed by atoms with Crippen molar-refractivity contribution in [1.29, 1.82) is 0 Å². The van der Waals surface area contributed by atoms with Gasteiger partial charge in [0.2, 0.25) is 0 Å². The number of aromatic carboxylic acids is 1. The number of ether oxygens (including phenoxy) is 1. The van der Waals surface area contributed by atoms with Crippen molar-refractivity contribution in [3.05, 3.63) is 48.6 Å². The number of carboxylic acid groups (broad SMARTS) is 1. The summed E-state index contributed by atoms with van der Waals surface area (Å²) in [7, 11) is 0. The number of benzene rings is 2. The summed E-state index contributed by atoms with van der Waals surface area (Å²) in [5.74, 6) is -1.62. The number of carbonyl (C=O) groups excluding carboxylic acids is 1. The van der Waals surface area contributed by atoms with E-state index in [0.29, 0.717) is 10.8 Å². The molecule has 0 fully saturated rings. The third-order valence-electron chi connectivity index (χ3n) is 2.58. The van der Waals surface area contributed by atoms with Gasteiger partial charge in [0.25, 0.3) is 0 Å². The molecular weight excluding hydrogens is 248 g/mol. The van der Waals surface area contributed by atoms with E-state index >= 15 is 0 Å². The second kappa shape index (κ2) is 4.81. The number of phenols is 1. The van der Waals surface area contributed by atoms with Crippen molar-refractivity contribution in [2.75, 3.05) is 0 Å². The second-order valence-electron chi connectivity index (χ2n) is 3.77. The summed E-state index contributed by atoms with van der Waals surface area (Å²) >= 11 is 0. The Morgan fingerprint density at radius 2 is 1.89 bits per heavy atom. The molecule has 0 aliphatic rings. The normalized spacial score (nSPS) is 10.1. The van der Waals surface area contributed by atoms with E-state index in [1.807, 2.05) is 0 Å². The summed E-state index contributed by atoms with van der Waals surface area (Å²) in [5.41, 5.74) is 0.0361. The lowest BCUT2D eigenvalue weighted by atomic mass is 10.1. The summed E-state index contributed by atoms with van der Waals surface area (Å²) in [6, 6.07) is 6.92. The Kier molecular flexibility index (Phi) is 3.20. The van der Waals surface area contributed by atoms with Crippen LogP contribution in [-0.4, -0.2) is 22.2 Å². The molecule has 5 nitrogen and oxygen atoms in total. The fourth-order valence-corrected chi connectivity index (χ4v) is 1.68. The molecule has 2 rings (SSSR count). The highest BCUT2D eigenvalue weighted by molar-refractivity contribution is 6.00. The molecule has 0 heterocycles. The molecule has 2 aromatic carbocycles. The largest absolute Gasteiger partial charge is 0.507 e. The van der Waals surface area contributed by atoms with Crippen LogP contribution in [0.5, 0.6) is 11.5 Å². The van der Waals surface area contributed by atoms with Crippen LogP contribution in [-0.2, 0) is 4.79 Å². The van der Waals surface area contributed by atoms with E-state index in [4.69, 9.17) is 9.84 Å². The van der Waals surface area contributed by atoms with Gasteiger partial charge in [0.05, 0.1) is 5.56 Å². The standard InChI is InChI=1S/C14H10O5/c1-2-13(16)19-12-6-5-11(15)9-4-3-8(14(17)18)7-10(9)12/h2-7,15H,1H2,(H,17,18). The molecule has 19 heavy (non-hydrogen) atoms. The number of hydrogen-bond acceptors (Lipinski definition) is 4. The smallest absolute Gasteiger partial charge is 0.335 e. The molecule has 0 unspecified atom stereocenters. The number of rotatable bonds is 3. The van der Waals surface area contributed by atoms with Gasteiger partial charge >= 0.3 is 11.9 Å². The van der Waals surface area contributed by atoms with Gasteiger partial charge in [0.15, 0.2) is 0 Å². The Balaban J connectivity index is 2.66. The summed E-state index contributed by atoms with van der Waals surface area (Å²) in [5, 5.41) is 19.4. The van der Waals surface area contributed by atoms with Gasteiger partial charge in [-0.3, -0.25) is 0 Å². The Labute approximate surface area is 108 Å². The predicted octanol–water partition coefficient (Wildman–Crippen LogP) is 2.33. The second-order valence-corrected chi connectivity index (χ2v) is 3.77. The molecule has 0 bridgehead atoms. The van der Waals surface area contributed by atoms with Gasteiger partial charge in [-0.25, -0.2) is 9.59 Å². The van der Waals surface area contributed by atoms with Crippen molar-refractivity contribution in [2.45, 2.75) is 0 Å². The van der Waals surface area contributed by atoms with Gasteiger partial charge in [0, 0.05) is 16.8 Å². The Hall–Kier alpha value is -2.82. The van der Waals surface area contributed by atoms with Crippen LogP contribution in [0.15, 0.2) is 43.0 Å².